The maximum absolute atomic E-state index is 11.5. The smallest absolute Gasteiger partial charge is 0.239 e. The lowest BCUT2D eigenvalue weighted by Crippen LogP contribution is -2.59. The third-order valence-electron chi connectivity index (χ3n) is 3.16. The molecule has 2 saturated heterocycles. The summed E-state index contributed by atoms with van der Waals surface area (Å²) < 4.78 is 0. The second-order valence-corrected chi connectivity index (χ2v) is 4.26. The lowest BCUT2D eigenvalue weighted by atomic mass is 9.87. The van der Waals surface area contributed by atoms with E-state index < -0.39 is 0 Å². The predicted octanol–water partition coefficient (Wildman–Crippen LogP) is -0.702. The Morgan fingerprint density at radius 1 is 1.62 bits per heavy atom. The molecule has 0 aromatic heterocycles. The Balaban J connectivity index is 1.94. The summed E-state index contributed by atoms with van der Waals surface area (Å²) in [5.74, 6) is 0.0885. The van der Waals surface area contributed by atoms with Gasteiger partial charge in [-0.05, 0) is 26.3 Å². The van der Waals surface area contributed by atoms with E-state index in [0.717, 1.165) is 26.1 Å². The highest BCUT2D eigenvalue weighted by Gasteiger charge is 2.44. The monoisotopic (exact) mass is 183 g/mol. The molecule has 2 heterocycles. The molecule has 2 atom stereocenters. The van der Waals surface area contributed by atoms with E-state index in [-0.39, 0.29) is 17.5 Å². The van der Waals surface area contributed by atoms with E-state index in [1.807, 2.05) is 4.90 Å². The van der Waals surface area contributed by atoms with E-state index in [1.54, 1.807) is 6.92 Å². The number of hydrogen-bond acceptors (Lipinski definition) is 3. The van der Waals surface area contributed by atoms with E-state index in [0.29, 0.717) is 0 Å². The molecule has 4 nitrogen and oxygen atoms in total. The third kappa shape index (κ3) is 1.44. The predicted molar refractivity (Wildman–Crippen MR) is 50.2 cm³/mol. The molecule has 0 radical (unpaired) electrons. The first-order chi connectivity index (χ1) is 6.13. The van der Waals surface area contributed by atoms with Crippen molar-refractivity contribution < 1.29 is 4.79 Å². The number of carbonyl (C=O) groups excluding carboxylic acids is 1. The molecular formula is C9H17N3O. The summed E-state index contributed by atoms with van der Waals surface area (Å²) in [6.07, 6.45) is 2.29. The average molecular weight is 183 g/mol. The number of hydrogen-bond donors (Lipinski definition) is 2. The Labute approximate surface area is 78.5 Å². The zero-order valence-electron chi connectivity index (χ0n) is 8.05. The van der Waals surface area contributed by atoms with Gasteiger partial charge in [-0.1, -0.05) is 0 Å². The molecular weight excluding hydrogens is 166 g/mol. The van der Waals surface area contributed by atoms with Crippen LogP contribution < -0.4 is 11.1 Å². The maximum atomic E-state index is 11.5. The van der Waals surface area contributed by atoms with E-state index in [1.165, 1.54) is 6.42 Å². The van der Waals surface area contributed by atoms with E-state index >= 15 is 0 Å². The first-order valence-electron chi connectivity index (χ1n) is 4.92. The van der Waals surface area contributed by atoms with Crippen LogP contribution in [0.5, 0.6) is 0 Å². The molecule has 2 rings (SSSR count). The number of carbonyl (C=O) groups is 1. The van der Waals surface area contributed by atoms with Gasteiger partial charge in [0.25, 0.3) is 0 Å². The molecule has 1 spiro atoms. The fraction of sp³-hybridized carbons (Fsp3) is 0.889. The highest BCUT2D eigenvalue weighted by molar-refractivity contribution is 5.81. The molecule has 2 fully saturated rings. The fourth-order valence-corrected chi connectivity index (χ4v) is 2.18. The number of nitrogens with two attached hydrogens (primary N) is 1. The zero-order valence-corrected chi connectivity index (χ0v) is 8.05. The van der Waals surface area contributed by atoms with Crippen LogP contribution in [0.25, 0.3) is 0 Å². The summed E-state index contributed by atoms with van der Waals surface area (Å²) in [6.45, 7) is 4.57. The van der Waals surface area contributed by atoms with Gasteiger partial charge in [-0.3, -0.25) is 4.79 Å². The summed E-state index contributed by atoms with van der Waals surface area (Å²) in [4.78, 5) is 13.4. The standard InChI is InChI=1S/C9H17N3O/c1-7(10)8(13)12-5-3-9(6-12)2-4-11-9/h7,11H,2-6,10H2,1H3/t7-,9+/m1/s1. The number of rotatable bonds is 1. The van der Waals surface area contributed by atoms with Crippen LogP contribution in [0.15, 0.2) is 0 Å². The molecule has 0 aliphatic carbocycles. The van der Waals surface area contributed by atoms with Crippen LogP contribution in [-0.2, 0) is 4.79 Å². The first-order valence-corrected chi connectivity index (χ1v) is 4.92. The van der Waals surface area contributed by atoms with E-state index in [9.17, 15) is 4.79 Å². The van der Waals surface area contributed by atoms with Gasteiger partial charge in [-0.2, -0.15) is 0 Å². The van der Waals surface area contributed by atoms with Crippen LogP contribution in [0, 0.1) is 0 Å². The molecule has 2 aliphatic heterocycles. The SMILES string of the molecule is C[C@@H](N)C(=O)N1CC[C@@]2(CCN2)C1. The Bertz CT molecular complexity index is 223. The highest BCUT2D eigenvalue weighted by atomic mass is 16.2. The van der Waals surface area contributed by atoms with Gasteiger partial charge >= 0.3 is 0 Å². The van der Waals surface area contributed by atoms with Crippen molar-refractivity contribution >= 4 is 5.91 Å². The summed E-state index contributed by atoms with van der Waals surface area (Å²) in [6, 6.07) is -0.352. The van der Waals surface area contributed by atoms with Crippen LogP contribution in [0.3, 0.4) is 0 Å². The summed E-state index contributed by atoms with van der Waals surface area (Å²) in [5, 5.41) is 3.41. The molecule has 1 amide bonds. The summed E-state index contributed by atoms with van der Waals surface area (Å²) in [7, 11) is 0. The van der Waals surface area contributed by atoms with Gasteiger partial charge in [0.05, 0.1) is 6.04 Å². The zero-order chi connectivity index (χ0) is 9.47. The molecule has 0 aromatic carbocycles. The van der Waals surface area contributed by atoms with Crippen molar-refractivity contribution in [2.24, 2.45) is 5.73 Å². The first kappa shape index (κ1) is 8.97. The maximum Gasteiger partial charge on any atom is 0.239 e. The normalized spacial score (nSPS) is 34.8. The fourth-order valence-electron chi connectivity index (χ4n) is 2.18. The van der Waals surface area contributed by atoms with Gasteiger partial charge in [0.2, 0.25) is 5.91 Å². The number of nitrogens with one attached hydrogen (secondary N) is 1. The number of likely N-dealkylation sites (tertiary alicyclic amines) is 1. The quantitative estimate of drug-likeness (QED) is 0.565. The van der Waals surface area contributed by atoms with Gasteiger partial charge in [0.15, 0.2) is 0 Å². The van der Waals surface area contributed by atoms with Crippen molar-refractivity contribution in [3.05, 3.63) is 0 Å². The molecule has 0 saturated carbocycles. The van der Waals surface area contributed by atoms with Crippen molar-refractivity contribution in [3.63, 3.8) is 0 Å². The minimum absolute atomic E-state index is 0.0885. The number of nitrogens with zero attached hydrogens (tertiary/aromatic N) is 1. The molecule has 13 heavy (non-hydrogen) atoms. The summed E-state index contributed by atoms with van der Waals surface area (Å²) in [5.41, 5.74) is 5.81. The van der Waals surface area contributed by atoms with Crippen LogP contribution in [0.4, 0.5) is 0 Å². The molecule has 0 bridgehead atoms. The molecule has 0 aromatic rings. The molecule has 3 N–H and O–H groups in total. The molecule has 2 aliphatic rings. The molecule has 0 unspecified atom stereocenters. The van der Waals surface area contributed by atoms with Gasteiger partial charge in [0.1, 0.15) is 0 Å². The average Bonchev–Trinajstić information content (AvgIpc) is 2.45. The Kier molecular flexibility index (Phi) is 2.04. The number of amides is 1. The van der Waals surface area contributed by atoms with Crippen molar-refractivity contribution in [1.29, 1.82) is 0 Å². The van der Waals surface area contributed by atoms with Crippen LogP contribution in [0.2, 0.25) is 0 Å². The van der Waals surface area contributed by atoms with Crippen molar-refractivity contribution in [1.82, 2.24) is 10.2 Å². The van der Waals surface area contributed by atoms with Gasteiger partial charge in [-0.25, -0.2) is 0 Å². The summed E-state index contributed by atoms with van der Waals surface area (Å²) >= 11 is 0. The Hall–Kier alpha value is -0.610. The lowest BCUT2D eigenvalue weighted by molar-refractivity contribution is -0.131. The lowest BCUT2D eigenvalue weighted by Gasteiger charge is -2.39. The molecule has 4 heteroatoms. The van der Waals surface area contributed by atoms with Crippen LogP contribution in [-0.4, -0.2) is 42.0 Å². The van der Waals surface area contributed by atoms with Crippen molar-refractivity contribution in [2.45, 2.75) is 31.3 Å². The van der Waals surface area contributed by atoms with E-state index in [2.05, 4.69) is 5.32 Å². The minimum Gasteiger partial charge on any atom is -0.339 e. The molecule has 74 valence electrons. The van der Waals surface area contributed by atoms with E-state index in [4.69, 9.17) is 5.73 Å². The van der Waals surface area contributed by atoms with Gasteiger partial charge in [0, 0.05) is 18.6 Å². The van der Waals surface area contributed by atoms with Crippen molar-refractivity contribution in [2.75, 3.05) is 19.6 Å². The van der Waals surface area contributed by atoms with Crippen LogP contribution >= 0.6 is 0 Å². The van der Waals surface area contributed by atoms with Gasteiger partial charge < -0.3 is 16.0 Å². The van der Waals surface area contributed by atoms with Gasteiger partial charge in [-0.15, -0.1) is 0 Å². The Morgan fingerprint density at radius 2 is 2.31 bits per heavy atom. The van der Waals surface area contributed by atoms with Crippen LogP contribution in [0.1, 0.15) is 19.8 Å². The third-order valence-corrected chi connectivity index (χ3v) is 3.16. The Morgan fingerprint density at radius 3 is 2.69 bits per heavy atom. The largest absolute Gasteiger partial charge is 0.339 e. The van der Waals surface area contributed by atoms with Crippen molar-refractivity contribution in [3.8, 4) is 0 Å². The second kappa shape index (κ2) is 2.96. The highest BCUT2D eigenvalue weighted by Crippen LogP contribution is 2.30. The second-order valence-electron chi connectivity index (χ2n) is 4.26. The minimum atomic E-state index is -0.352. The topological polar surface area (TPSA) is 58.4 Å².